The highest BCUT2D eigenvalue weighted by molar-refractivity contribution is 5.81. The van der Waals surface area contributed by atoms with Crippen molar-refractivity contribution >= 4 is 5.91 Å². The second-order valence-electron chi connectivity index (χ2n) is 5.11. The van der Waals surface area contributed by atoms with Crippen LogP contribution in [0.15, 0.2) is 0 Å². The molecule has 0 spiro atoms. The minimum absolute atomic E-state index is 0.0458. The van der Waals surface area contributed by atoms with Gasteiger partial charge in [-0.25, -0.2) is 0 Å². The molecule has 1 saturated carbocycles. The highest BCUT2D eigenvalue weighted by Crippen LogP contribution is 2.18. The Balaban J connectivity index is 1.61. The van der Waals surface area contributed by atoms with Crippen molar-refractivity contribution in [3.8, 4) is 0 Å². The zero-order valence-electron chi connectivity index (χ0n) is 10.1. The topological polar surface area (TPSA) is 53.2 Å². The van der Waals surface area contributed by atoms with Crippen molar-refractivity contribution in [3.63, 3.8) is 0 Å². The van der Waals surface area contributed by atoms with E-state index < -0.39 is 0 Å². The summed E-state index contributed by atoms with van der Waals surface area (Å²) in [5.41, 5.74) is 0. The Bertz CT molecular complexity index is 234. The van der Waals surface area contributed by atoms with Crippen LogP contribution >= 0.6 is 0 Å². The molecule has 4 heteroatoms. The third-order valence-electron chi connectivity index (χ3n) is 3.49. The fourth-order valence-corrected chi connectivity index (χ4v) is 2.08. The van der Waals surface area contributed by atoms with E-state index in [1.54, 1.807) is 0 Å². The lowest BCUT2D eigenvalue weighted by Crippen LogP contribution is -2.45. The van der Waals surface area contributed by atoms with Crippen molar-refractivity contribution in [2.24, 2.45) is 5.92 Å². The molecule has 16 heavy (non-hydrogen) atoms. The summed E-state index contributed by atoms with van der Waals surface area (Å²) in [6, 6.07) is 0.422. The molecule has 1 aliphatic heterocycles. The largest absolute Gasteiger partial charge is 0.352 e. The Labute approximate surface area is 97.6 Å². The van der Waals surface area contributed by atoms with Gasteiger partial charge in [0.15, 0.2) is 0 Å². The molecule has 0 bridgehead atoms. The van der Waals surface area contributed by atoms with Crippen LogP contribution in [0.25, 0.3) is 0 Å². The van der Waals surface area contributed by atoms with E-state index in [0.717, 1.165) is 38.4 Å². The standard InChI is InChI=1S/C12H23N3O/c1-9(12(16)15-11-2-3-11)14-8-10-4-6-13-7-5-10/h9-11,13-14H,2-8H2,1H3,(H,15,16). The number of hydrogen-bond donors (Lipinski definition) is 3. The van der Waals surface area contributed by atoms with Crippen LogP contribution in [0.4, 0.5) is 0 Å². The molecule has 1 atom stereocenters. The first-order valence-electron chi connectivity index (χ1n) is 6.50. The molecule has 2 aliphatic rings. The molecule has 0 aromatic rings. The van der Waals surface area contributed by atoms with Crippen LogP contribution in [0.1, 0.15) is 32.6 Å². The second kappa shape index (κ2) is 5.64. The summed E-state index contributed by atoms with van der Waals surface area (Å²) in [6.07, 6.45) is 4.77. The van der Waals surface area contributed by atoms with Gasteiger partial charge in [-0.15, -0.1) is 0 Å². The van der Waals surface area contributed by atoms with Crippen molar-refractivity contribution in [1.82, 2.24) is 16.0 Å². The van der Waals surface area contributed by atoms with Crippen LogP contribution in [-0.4, -0.2) is 37.6 Å². The number of hydrogen-bond acceptors (Lipinski definition) is 3. The van der Waals surface area contributed by atoms with E-state index in [2.05, 4.69) is 16.0 Å². The number of carbonyl (C=O) groups excluding carboxylic acids is 1. The highest BCUT2D eigenvalue weighted by Gasteiger charge is 2.25. The molecule has 1 saturated heterocycles. The van der Waals surface area contributed by atoms with Gasteiger partial charge in [-0.05, 0) is 58.2 Å². The monoisotopic (exact) mass is 225 g/mol. The van der Waals surface area contributed by atoms with Gasteiger partial charge < -0.3 is 16.0 Å². The number of carbonyl (C=O) groups is 1. The molecular formula is C12H23N3O. The zero-order valence-corrected chi connectivity index (χ0v) is 10.1. The minimum atomic E-state index is -0.0458. The molecule has 0 aromatic carbocycles. The van der Waals surface area contributed by atoms with Crippen molar-refractivity contribution in [2.75, 3.05) is 19.6 Å². The van der Waals surface area contributed by atoms with Crippen LogP contribution < -0.4 is 16.0 Å². The smallest absolute Gasteiger partial charge is 0.237 e. The van der Waals surface area contributed by atoms with E-state index in [1.807, 2.05) is 6.92 Å². The van der Waals surface area contributed by atoms with Gasteiger partial charge in [-0.3, -0.25) is 4.79 Å². The molecule has 2 rings (SSSR count). The summed E-state index contributed by atoms with van der Waals surface area (Å²) in [5.74, 6) is 0.897. The third-order valence-corrected chi connectivity index (χ3v) is 3.49. The first-order chi connectivity index (χ1) is 7.75. The Kier molecular flexibility index (Phi) is 4.18. The molecule has 1 aliphatic carbocycles. The van der Waals surface area contributed by atoms with E-state index in [4.69, 9.17) is 0 Å². The average Bonchev–Trinajstić information content (AvgIpc) is 3.11. The molecule has 2 fully saturated rings. The van der Waals surface area contributed by atoms with Crippen molar-refractivity contribution in [1.29, 1.82) is 0 Å². The molecule has 92 valence electrons. The van der Waals surface area contributed by atoms with Gasteiger partial charge in [0.25, 0.3) is 0 Å². The first kappa shape index (κ1) is 11.9. The van der Waals surface area contributed by atoms with E-state index in [0.29, 0.717) is 6.04 Å². The Hall–Kier alpha value is -0.610. The van der Waals surface area contributed by atoms with Gasteiger partial charge in [-0.2, -0.15) is 0 Å². The molecular weight excluding hydrogens is 202 g/mol. The van der Waals surface area contributed by atoms with Gasteiger partial charge in [0.2, 0.25) is 5.91 Å². The van der Waals surface area contributed by atoms with E-state index in [1.165, 1.54) is 12.8 Å². The summed E-state index contributed by atoms with van der Waals surface area (Å²) in [4.78, 5) is 11.7. The fourth-order valence-electron chi connectivity index (χ4n) is 2.08. The maximum absolute atomic E-state index is 11.7. The average molecular weight is 225 g/mol. The molecule has 4 nitrogen and oxygen atoms in total. The summed E-state index contributed by atoms with van der Waals surface area (Å²) in [7, 11) is 0. The maximum atomic E-state index is 11.7. The van der Waals surface area contributed by atoms with E-state index in [9.17, 15) is 4.79 Å². The number of piperidine rings is 1. The highest BCUT2D eigenvalue weighted by atomic mass is 16.2. The van der Waals surface area contributed by atoms with Gasteiger partial charge in [-0.1, -0.05) is 0 Å². The Morgan fingerprint density at radius 2 is 2.00 bits per heavy atom. The SMILES string of the molecule is CC(NCC1CCNCC1)C(=O)NC1CC1. The minimum Gasteiger partial charge on any atom is -0.352 e. The van der Waals surface area contributed by atoms with E-state index >= 15 is 0 Å². The predicted molar refractivity (Wildman–Crippen MR) is 64.2 cm³/mol. The molecule has 1 amide bonds. The second-order valence-corrected chi connectivity index (χ2v) is 5.11. The van der Waals surface area contributed by atoms with Gasteiger partial charge >= 0.3 is 0 Å². The lowest BCUT2D eigenvalue weighted by Gasteiger charge is -2.24. The number of rotatable bonds is 5. The lowest BCUT2D eigenvalue weighted by atomic mass is 9.98. The Morgan fingerprint density at radius 3 is 2.62 bits per heavy atom. The van der Waals surface area contributed by atoms with Crippen LogP contribution in [0, 0.1) is 5.92 Å². The zero-order chi connectivity index (χ0) is 11.4. The molecule has 3 N–H and O–H groups in total. The van der Waals surface area contributed by atoms with Gasteiger partial charge in [0.1, 0.15) is 0 Å². The molecule has 0 radical (unpaired) electrons. The van der Waals surface area contributed by atoms with Crippen molar-refractivity contribution in [2.45, 2.75) is 44.7 Å². The van der Waals surface area contributed by atoms with Crippen LogP contribution in [0.3, 0.4) is 0 Å². The van der Waals surface area contributed by atoms with E-state index in [-0.39, 0.29) is 11.9 Å². The first-order valence-corrected chi connectivity index (χ1v) is 6.50. The normalized spacial score (nSPS) is 24.1. The predicted octanol–water partition coefficient (Wildman–Crippen LogP) is 0.243. The van der Waals surface area contributed by atoms with Crippen molar-refractivity contribution in [3.05, 3.63) is 0 Å². The molecule has 1 unspecified atom stereocenters. The van der Waals surface area contributed by atoms with Crippen molar-refractivity contribution < 1.29 is 4.79 Å². The summed E-state index contributed by atoms with van der Waals surface area (Å²) < 4.78 is 0. The lowest BCUT2D eigenvalue weighted by molar-refractivity contribution is -0.122. The van der Waals surface area contributed by atoms with Crippen LogP contribution in [0.5, 0.6) is 0 Å². The summed E-state index contributed by atoms with van der Waals surface area (Å²) in [6.45, 7) is 5.17. The molecule has 0 aromatic heterocycles. The quantitative estimate of drug-likeness (QED) is 0.628. The number of amides is 1. The van der Waals surface area contributed by atoms with Crippen LogP contribution in [0.2, 0.25) is 0 Å². The maximum Gasteiger partial charge on any atom is 0.237 e. The van der Waals surface area contributed by atoms with Gasteiger partial charge in [0.05, 0.1) is 6.04 Å². The fraction of sp³-hybridized carbons (Fsp3) is 0.917. The van der Waals surface area contributed by atoms with Gasteiger partial charge in [0, 0.05) is 6.04 Å². The number of nitrogens with one attached hydrogen (secondary N) is 3. The molecule has 1 heterocycles. The Morgan fingerprint density at radius 1 is 1.31 bits per heavy atom. The summed E-state index contributed by atoms with van der Waals surface area (Å²) in [5, 5.41) is 9.73. The van der Waals surface area contributed by atoms with Crippen LogP contribution in [-0.2, 0) is 4.79 Å². The third kappa shape index (κ3) is 3.76. The summed E-state index contributed by atoms with van der Waals surface area (Å²) >= 11 is 0.